The third kappa shape index (κ3) is 2.07. The van der Waals surface area contributed by atoms with Crippen molar-refractivity contribution in [2.45, 2.75) is 25.7 Å². The maximum atomic E-state index is 8.65. The van der Waals surface area contributed by atoms with Crippen LogP contribution in [0, 0.1) is 0 Å². The van der Waals surface area contributed by atoms with Gasteiger partial charge in [-0.25, -0.2) is 4.98 Å². The molecule has 0 saturated carbocycles. The molecular weight excluding hydrogens is 240 g/mol. The van der Waals surface area contributed by atoms with Gasteiger partial charge in [-0.05, 0) is 49.9 Å². The van der Waals surface area contributed by atoms with E-state index in [-0.39, 0.29) is 5.84 Å². The van der Waals surface area contributed by atoms with Gasteiger partial charge in [0.15, 0.2) is 5.84 Å². The van der Waals surface area contributed by atoms with Crippen LogP contribution in [0.1, 0.15) is 29.8 Å². The monoisotopic (exact) mass is 256 g/mol. The highest BCUT2D eigenvalue weighted by atomic mass is 16.4. The lowest BCUT2D eigenvalue weighted by molar-refractivity contribution is 0.318. The minimum atomic E-state index is 0.124. The second-order valence-corrected chi connectivity index (χ2v) is 4.75. The Bertz CT molecular complexity index is 613. The summed E-state index contributed by atoms with van der Waals surface area (Å²) in [7, 11) is 0. The summed E-state index contributed by atoms with van der Waals surface area (Å²) in [5.41, 5.74) is 9.85. The quantitative estimate of drug-likeness (QED) is 0.372. The lowest BCUT2D eigenvalue weighted by Gasteiger charge is -2.14. The number of amidine groups is 1. The SMILES string of the molecule is N/C(=N/O)c1ccc(-n2cnc3c2CCCC3)cc1. The molecule has 19 heavy (non-hydrogen) atoms. The zero-order valence-corrected chi connectivity index (χ0v) is 10.6. The molecule has 0 amide bonds. The molecule has 2 aromatic rings. The fourth-order valence-corrected chi connectivity index (χ4v) is 2.54. The van der Waals surface area contributed by atoms with Crippen LogP contribution in [0.25, 0.3) is 5.69 Å². The molecule has 1 aliphatic rings. The summed E-state index contributed by atoms with van der Waals surface area (Å²) >= 11 is 0. The van der Waals surface area contributed by atoms with Crippen LogP contribution in [-0.4, -0.2) is 20.6 Å². The van der Waals surface area contributed by atoms with Crippen LogP contribution in [0.5, 0.6) is 0 Å². The van der Waals surface area contributed by atoms with Crippen molar-refractivity contribution in [3.8, 4) is 5.69 Å². The molecule has 5 heteroatoms. The molecule has 0 fully saturated rings. The molecule has 0 aliphatic heterocycles. The molecular formula is C14H16N4O. The van der Waals surface area contributed by atoms with Gasteiger partial charge in [0, 0.05) is 16.9 Å². The minimum Gasteiger partial charge on any atom is -0.409 e. The molecule has 3 rings (SSSR count). The van der Waals surface area contributed by atoms with E-state index in [9.17, 15) is 0 Å². The molecule has 1 aromatic heterocycles. The number of imidazole rings is 1. The molecule has 0 spiro atoms. The average molecular weight is 256 g/mol. The van der Waals surface area contributed by atoms with E-state index in [0.717, 1.165) is 18.5 Å². The van der Waals surface area contributed by atoms with Gasteiger partial charge in [0.2, 0.25) is 0 Å². The van der Waals surface area contributed by atoms with Crippen LogP contribution in [-0.2, 0) is 12.8 Å². The van der Waals surface area contributed by atoms with Crippen molar-refractivity contribution in [3.63, 3.8) is 0 Å². The minimum absolute atomic E-state index is 0.124. The summed E-state index contributed by atoms with van der Waals surface area (Å²) in [6, 6.07) is 7.62. The van der Waals surface area contributed by atoms with Gasteiger partial charge in [0.05, 0.1) is 12.0 Å². The van der Waals surface area contributed by atoms with Crippen molar-refractivity contribution in [2.75, 3.05) is 0 Å². The second-order valence-electron chi connectivity index (χ2n) is 4.75. The number of aryl methyl sites for hydroxylation is 1. The van der Waals surface area contributed by atoms with Crippen molar-refractivity contribution in [2.24, 2.45) is 10.9 Å². The lowest BCUT2D eigenvalue weighted by atomic mass is 10.0. The van der Waals surface area contributed by atoms with Gasteiger partial charge >= 0.3 is 0 Å². The summed E-state index contributed by atoms with van der Waals surface area (Å²) in [5.74, 6) is 0.124. The topological polar surface area (TPSA) is 76.4 Å². The summed E-state index contributed by atoms with van der Waals surface area (Å²) < 4.78 is 2.13. The first-order valence-electron chi connectivity index (χ1n) is 6.43. The Labute approximate surface area is 111 Å². The van der Waals surface area contributed by atoms with Crippen molar-refractivity contribution >= 4 is 5.84 Å². The van der Waals surface area contributed by atoms with Gasteiger partial charge in [0.25, 0.3) is 0 Å². The van der Waals surface area contributed by atoms with Gasteiger partial charge in [-0.1, -0.05) is 5.16 Å². The Morgan fingerprint density at radius 2 is 1.95 bits per heavy atom. The molecule has 0 saturated heterocycles. The third-order valence-corrected chi connectivity index (χ3v) is 3.58. The molecule has 0 atom stereocenters. The number of nitrogens with zero attached hydrogens (tertiary/aromatic N) is 3. The standard InChI is InChI=1S/C14H16N4O/c15-14(17-19)10-5-7-11(8-6-10)18-9-16-12-3-1-2-4-13(12)18/h5-9,19H,1-4H2,(H2,15,17). The fourth-order valence-electron chi connectivity index (χ4n) is 2.54. The maximum absolute atomic E-state index is 8.65. The van der Waals surface area contributed by atoms with Crippen molar-refractivity contribution in [1.29, 1.82) is 0 Å². The van der Waals surface area contributed by atoms with Crippen LogP contribution in [0.3, 0.4) is 0 Å². The van der Waals surface area contributed by atoms with E-state index in [1.165, 1.54) is 24.2 Å². The molecule has 3 N–H and O–H groups in total. The number of hydrogen-bond donors (Lipinski definition) is 2. The second kappa shape index (κ2) is 4.76. The highest BCUT2D eigenvalue weighted by molar-refractivity contribution is 5.97. The Balaban J connectivity index is 1.96. The highest BCUT2D eigenvalue weighted by Crippen LogP contribution is 2.23. The number of hydrogen-bond acceptors (Lipinski definition) is 3. The summed E-state index contributed by atoms with van der Waals surface area (Å²) in [4.78, 5) is 4.48. The summed E-state index contributed by atoms with van der Waals surface area (Å²) in [6.07, 6.45) is 6.49. The predicted octanol–water partition coefficient (Wildman–Crippen LogP) is 1.85. The largest absolute Gasteiger partial charge is 0.409 e. The fraction of sp³-hybridized carbons (Fsp3) is 0.286. The normalized spacial score (nSPS) is 15.3. The molecule has 1 aliphatic carbocycles. The van der Waals surface area contributed by atoms with Crippen molar-refractivity contribution in [3.05, 3.63) is 47.5 Å². The maximum Gasteiger partial charge on any atom is 0.170 e. The van der Waals surface area contributed by atoms with Gasteiger partial charge in [-0.2, -0.15) is 0 Å². The first-order chi connectivity index (χ1) is 9.29. The highest BCUT2D eigenvalue weighted by Gasteiger charge is 2.15. The molecule has 0 unspecified atom stereocenters. The van der Waals surface area contributed by atoms with Gasteiger partial charge in [0.1, 0.15) is 0 Å². The van der Waals surface area contributed by atoms with Crippen molar-refractivity contribution < 1.29 is 5.21 Å². The number of nitrogens with two attached hydrogens (primary N) is 1. The first kappa shape index (κ1) is 11.8. The number of fused-ring (bicyclic) bond motifs is 1. The molecule has 1 heterocycles. The van der Waals surface area contributed by atoms with E-state index < -0.39 is 0 Å². The van der Waals surface area contributed by atoms with Crippen LogP contribution >= 0.6 is 0 Å². The van der Waals surface area contributed by atoms with E-state index in [1.54, 1.807) is 0 Å². The van der Waals surface area contributed by atoms with Gasteiger partial charge in [-0.15, -0.1) is 0 Å². The molecule has 0 bridgehead atoms. The summed E-state index contributed by atoms with van der Waals surface area (Å²) in [5, 5.41) is 11.6. The van der Waals surface area contributed by atoms with Crippen LogP contribution in [0.15, 0.2) is 35.7 Å². The summed E-state index contributed by atoms with van der Waals surface area (Å²) in [6.45, 7) is 0. The number of rotatable bonds is 2. The zero-order chi connectivity index (χ0) is 13.2. The Morgan fingerprint density at radius 1 is 1.21 bits per heavy atom. The van der Waals surface area contributed by atoms with E-state index in [4.69, 9.17) is 10.9 Å². The lowest BCUT2D eigenvalue weighted by Crippen LogP contribution is -2.13. The average Bonchev–Trinajstić information content (AvgIpc) is 2.90. The van der Waals surface area contributed by atoms with E-state index in [1.807, 2.05) is 30.6 Å². The number of benzene rings is 1. The van der Waals surface area contributed by atoms with Crippen LogP contribution < -0.4 is 5.73 Å². The van der Waals surface area contributed by atoms with Crippen LogP contribution in [0.2, 0.25) is 0 Å². The van der Waals surface area contributed by atoms with Gasteiger partial charge < -0.3 is 15.5 Å². The van der Waals surface area contributed by atoms with E-state index >= 15 is 0 Å². The molecule has 1 aromatic carbocycles. The third-order valence-electron chi connectivity index (χ3n) is 3.58. The zero-order valence-electron chi connectivity index (χ0n) is 10.6. The van der Waals surface area contributed by atoms with Crippen molar-refractivity contribution in [1.82, 2.24) is 9.55 Å². The first-order valence-corrected chi connectivity index (χ1v) is 6.43. The Hall–Kier alpha value is -2.30. The molecule has 5 nitrogen and oxygen atoms in total. The van der Waals surface area contributed by atoms with Gasteiger partial charge in [-0.3, -0.25) is 0 Å². The van der Waals surface area contributed by atoms with Crippen LogP contribution in [0.4, 0.5) is 0 Å². The Kier molecular flexibility index (Phi) is 2.95. The smallest absolute Gasteiger partial charge is 0.170 e. The molecule has 98 valence electrons. The number of oxime groups is 1. The van der Waals surface area contributed by atoms with E-state index in [0.29, 0.717) is 5.56 Å². The Morgan fingerprint density at radius 3 is 2.68 bits per heavy atom. The number of aromatic nitrogens is 2. The van der Waals surface area contributed by atoms with E-state index in [2.05, 4.69) is 14.7 Å². The molecule has 0 radical (unpaired) electrons. The predicted molar refractivity (Wildman–Crippen MR) is 72.7 cm³/mol.